The first-order chi connectivity index (χ1) is 15.7. The Morgan fingerprint density at radius 1 is 1.36 bits per heavy atom. The number of ether oxygens (including phenoxy) is 1. The Labute approximate surface area is 199 Å². The van der Waals surface area contributed by atoms with Gasteiger partial charge in [0.15, 0.2) is 0 Å². The second kappa shape index (κ2) is 10.6. The van der Waals surface area contributed by atoms with E-state index in [9.17, 15) is 22.4 Å². The van der Waals surface area contributed by atoms with E-state index < -0.39 is 33.6 Å². The number of hydrogen-bond donors (Lipinski definition) is 1. The monoisotopic (exact) mass is 511 g/mol. The van der Waals surface area contributed by atoms with Gasteiger partial charge in [-0.25, -0.2) is 17.6 Å². The lowest BCUT2D eigenvalue weighted by Crippen LogP contribution is -2.43. The standard InChI is InChI=1S/C21H22FN3O5S3/c1-3-30-21(27)18-13(2)17(31-12-23)20(32-18)24-19(26)14-5-4-10-25(11-14)33(28,29)16-8-6-15(22)7-9-16/h6-9,14H,3-5,10-11H2,1-2H3,(H,24,26). The molecular formula is C21H22FN3O5S3. The first-order valence-corrected chi connectivity index (χ1v) is 13.2. The van der Waals surface area contributed by atoms with Crippen molar-refractivity contribution in [2.24, 2.45) is 5.92 Å². The fraction of sp³-hybridized carbons (Fsp3) is 0.381. The number of carbonyl (C=O) groups excluding carboxylic acids is 2. The molecule has 0 aliphatic carbocycles. The number of carbonyl (C=O) groups is 2. The average Bonchev–Trinajstić information content (AvgIpc) is 3.10. The smallest absolute Gasteiger partial charge is 0.348 e. The number of anilines is 1. The molecule has 8 nitrogen and oxygen atoms in total. The van der Waals surface area contributed by atoms with E-state index in [2.05, 4.69) is 5.32 Å². The van der Waals surface area contributed by atoms with Crippen LogP contribution in [0, 0.1) is 29.3 Å². The van der Waals surface area contributed by atoms with Crippen LogP contribution in [0.5, 0.6) is 0 Å². The lowest BCUT2D eigenvalue weighted by atomic mass is 9.99. The van der Waals surface area contributed by atoms with Gasteiger partial charge in [0.05, 0.1) is 22.3 Å². The number of amides is 1. The summed E-state index contributed by atoms with van der Waals surface area (Å²) < 4.78 is 45.3. The van der Waals surface area contributed by atoms with Crippen LogP contribution in [0.2, 0.25) is 0 Å². The van der Waals surface area contributed by atoms with Gasteiger partial charge in [0.25, 0.3) is 0 Å². The maximum atomic E-state index is 13.2. The van der Waals surface area contributed by atoms with Crippen molar-refractivity contribution < 1.29 is 27.1 Å². The molecule has 3 rings (SSSR count). The molecule has 1 aromatic carbocycles. The molecule has 1 amide bonds. The molecule has 1 aliphatic heterocycles. The molecule has 12 heteroatoms. The molecule has 0 bridgehead atoms. The van der Waals surface area contributed by atoms with E-state index in [0.29, 0.717) is 33.2 Å². The van der Waals surface area contributed by atoms with Crippen LogP contribution >= 0.6 is 23.1 Å². The van der Waals surface area contributed by atoms with Crippen LogP contribution in [0.4, 0.5) is 9.39 Å². The molecule has 0 radical (unpaired) electrons. The highest BCUT2D eigenvalue weighted by molar-refractivity contribution is 8.04. The highest BCUT2D eigenvalue weighted by Crippen LogP contribution is 2.40. The molecule has 33 heavy (non-hydrogen) atoms. The minimum absolute atomic E-state index is 0.0264. The molecule has 0 saturated carbocycles. The van der Waals surface area contributed by atoms with Crippen molar-refractivity contribution in [3.8, 4) is 5.40 Å². The van der Waals surface area contributed by atoms with Crippen molar-refractivity contribution >= 4 is 50.0 Å². The van der Waals surface area contributed by atoms with Gasteiger partial charge in [-0.3, -0.25) is 4.79 Å². The highest BCUT2D eigenvalue weighted by Gasteiger charge is 2.34. The number of hydrogen-bond acceptors (Lipinski definition) is 8. The number of thioether (sulfide) groups is 1. The third-order valence-electron chi connectivity index (χ3n) is 5.14. The lowest BCUT2D eigenvalue weighted by Gasteiger charge is -2.31. The van der Waals surface area contributed by atoms with Gasteiger partial charge in [-0.05, 0) is 68.3 Å². The predicted octanol–water partition coefficient (Wildman–Crippen LogP) is 3.98. The van der Waals surface area contributed by atoms with E-state index in [1.807, 2.05) is 5.40 Å². The zero-order valence-corrected chi connectivity index (χ0v) is 20.4. The summed E-state index contributed by atoms with van der Waals surface area (Å²) in [6.07, 6.45) is 0.965. The van der Waals surface area contributed by atoms with E-state index >= 15 is 0 Å². The maximum Gasteiger partial charge on any atom is 0.348 e. The van der Waals surface area contributed by atoms with Crippen LogP contribution < -0.4 is 5.32 Å². The summed E-state index contributed by atoms with van der Waals surface area (Å²) >= 11 is 1.86. The fourth-order valence-electron chi connectivity index (χ4n) is 3.48. The summed E-state index contributed by atoms with van der Waals surface area (Å²) in [6.45, 7) is 3.78. The molecule has 0 spiro atoms. The van der Waals surface area contributed by atoms with Crippen molar-refractivity contribution in [2.75, 3.05) is 25.0 Å². The molecule has 1 unspecified atom stereocenters. The van der Waals surface area contributed by atoms with E-state index in [1.165, 1.54) is 16.4 Å². The maximum absolute atomic E-state index is 13.2. The zero-order valence-electron chi connectivity index (χ0n) is 18.0. The van der Waals surface area contributed by atoms with Crippen LogP contribution in [-0.4, -0.2) is 44.3 Å². The SMILES string of the molecule is CCOC(=O)c1sc(NC(=O)C2CCCN(S(=O)(=O)c3ccc(F)cc3)C2)c(SC#N)c1C. The Hall–Kier alpha value is -2.46. The molecule has 1 fully saturated rings. The Balaban J connectivity index is 1.79. The second-order valence-corrected chi connectivity index (χ2v) is 11.0. The predicted molar refractivity (Wildman–Crippen MR) is 123 cm³/mol. The molecule has 1 N–H and O–H groups in total. The van der Waals surface area contributed by atoms with Gasteiger partial charge in [-0.2, -0.15) is 9.57 Å². The second-order valence-electron chi connectivity index (χ2n) is 7.27. The topological polar surface area (TPSA) is 117 Å². The van der Waals surface area contributed by atoms with Crippen LogP contribution in [0.25, 0.3) is 0 Å². The highest BCUT2D eigenvalue weighted by atomic mass is 32.2. The summed E-state index contributed by atoms with van der Waals surface area (Å²) in [4.78, 5) is 26.0. The average molecular weight is 512 g/mol. The van der Waals surface area contributed by atoms with Crippen molar-refractivity contribution in [3.05, 3.63) is 40.5 Å². The van der Waals surface area contributed by atoms with Crippen molar-refractivity contribution in [1.82, 2.24) is 4.31 Å². The summed E-state index contributed by atoms with van der Waals surface area (Å²) in [5.41, 5.74) is 0.546. The van der Waals surface area contributed by atoms with Gasteiger partial charge < -0.3 is 10.1 Å². The van der Waals surface area contributed by atoms with Crippen molar-refractivity contribution in [3.63, 3.8) is 0 Å². The zero-order chi connectivity index (χ0) is 24.2. The number of piperidine rings is 1. The number of nitriles is 1. The number of sulfonamides is 1. The molecule has 2 aromatic rings. The first-order valence-electron chi connectivity index (χ1n) is 10.1. The molecule has 1 saturated heterocycles. The van der Waals surface area contributed by atoms with Crippen LogP contribution in [-0.2, 0) is 19.6 Å². The quantitative estimate of drug-likeness (QED) is 0.339. The van der Waals surface area contributed by atoms with Gasteiger partial charge in [0, 0.05) is 13.1 Å². The van der Waals surface area contributed by atoms with Gasteiger partial charge in [-0.1, -0.05) is 0 Å². The van der Waals surface area contributed by atoms with Gasteiger partial charge in [-0.15, -0.1) is 11.3 Å². The largest absolute Gasteiger partial charge is 0.462 e. The fourth-order valence-corrected chi connectivity index (χ4v) is 6.81. The van der Waals surface area contributed by atoms with E-state index in [4.69, 9.17) is 10.00 Å². The Morgan fingerprint density at radius 2 is 2.06 bits per heavy atom. The number of esters is 1. The van der Waals surface area contributed by atoms with E-state index in [1.54, 1.807) is 13.8 Å². The van der Waals surface area contributed by atoms with Crippen LogP contribution in [0.3, 0.4) is 0 Å². The van der Waals surface area contributed by atoms with Gasteiger partial charge >= 0.3 is 5.97 Å². The third-order valence-corrected chi connectivity index (χ3v) is 9.14. The van der Waals surface area contributed by atoms with Crippen molar-refractivity contribution in [1.29, 1.82) is 5.26 Å². The first kappa shape index (κ1) is 25.2. The molecule has 1 aromatic heterocycles. The number of nitrogens with zero attached hydrogens (tertiary/aromatic N) is 2. The number of halogens is 1. The summed E-state index contributed by atoms with van der Waals surface area (Å²) in [5.74, 6) is -2.09. The minimum atomic E-state index is -3.87. The molecule has 1 atom stereocenters. The third kappa shape index (κ3) is 5.55. The van der Waals surface area contributed by atoms with E-state index in [0.717, 1.165) is 35.2 Å². The van der Waals surface area contributed by atoms with Crippen LogP contribution in [0.1, 0.15) is 35.0 Å². The van der Waals surface area contributed by atoms with Gasteiger partial charge in [0.1, 0.15) is 21.1 Å². The number of nitrogens with one attached hydrogen (secondary N) is 1. The Bertz CT molecular complexity index is 1190. The van der Waals surface area contributed by atoms with Gasteiger partial charge in [0.2, 0.25) is 15.9 Å². The minimum Gasteiger partial charge on any atom is -0.462 e. The van der Waals surface area contributed by atoms with E-state index in [-0.39, 0.29) is 24.6 Å². The summed E-state index contributed by atoms with van der Waals surface area (Å²) in [7, 11) is -3.87. The lowest BCUT2D eigenvalue weighted by molar-refractivity contribution is -0.120. The summed E-state index contributed by atoms with van der Waals surface area (Å²) in [6, 6.07) is 4.56. The normalized spacial score (nSPS) is 16.7. The molecular weight excluding hydrogens is 489 g/mol. The number of rotatable bonds is 7. The number of thiophene rings is 1. The molecule has 1 aliphatic rings. The Morgan fingerprint density at radius 3 is 2.70 bits per heavy atom. The van der Waals surface area contributed by atoms with Crippen LogP contribution in [0.15, 0.2) is 34.1 Å². The number of benzene rings is 1. The number of thiocyanates is 1. The summed E-state index contributed by atoms with van der Waals surface area (Å²) in [5, 5.41) is 14.2. The van der Waals surface area contributed by atoms with Crippen molar-refractivity contribution in [2.45, 2.75) is 36.5 Å². The molecule has 2 heterocycles. The molecule has 176 valence electrons. The Kier molecular flexibility index (Phi) is 8.12.